The van der Waals surface area contributed by atoms with E-state index in [-0.39, 0.29) is 22.5 Å². The third kappa shape index (κ3) is 3.60. The number of hydrogen-bond donors (Lipinski definition) is 2. The van der Waals surface area contributed by atoms with Crippen molar-refractivity contribution in [1.29, 1.82) is 0 Å². The second-order valence-corrected chi connectivity index (χ2v) is 19.0. The van der Waals surface area contributed by atoms with Crippen LogP contribution in [0.15, 0.2) is 0 Å². The molecule has 0 aliphatic heterocycles. The van der Waals surface area contributed by atoms with Crippen molar-refractivity contribution in [2.45, 2.75) is 142 Å². The smallest absolute Gasteiger partial charge is 0.192 e. The van der Waals surface area contributed by atoms with Gasteiger partial charge in [0.2, 0.25) is 0 Å². The Morgan fingerprint density at radius 2 is 1.66 bits per heavy atom. The molecule has 9 atom stereocenters. The summed E-state index contributed by atoms with van der Waals surface area (Å²) in [6, 6.07) is 0. The van der Waals surface area contributed by atoms with E-state index in [1.165, 1.54) is 38.5 Å². The van der Waals surface area contributed by atoms with E-state index in [9.17, 15) is 10.2 Å². The summed E-state index contributed by atoms with van der Waals surface area (Å²) in [6.45, 7) is 18.8. The summed E-state index contributed by atoms with van der Waals surface area (Å²) >= 11 is 0. The summed E-state index contributed by atoms with van der Waals surface area (Å²) in [5.74, 6) is 2.04. The third-order valence-corrected chi connectivity index (χ3v) is 16.6. The van der Waals surface area contributed by atoms with Crippen molar-refractivity contribution in [2.24, 2.45) is 34.5 Å². The molecule has 4 heteroatoms. The fraction of sp³-hybridized carbons (Fsp3) is 1.00. The first-order valence-electron chi connectivity index (χ1n) is 13.8. The highest BCUT2D eigenvalue weighted by atomic mass is 28.4. The zero-order valence-corrected chi connectivity index (χ0v) is 23.3. The fourth-order valence-electron chi connectivity index (χ4n) is 8.83. The Hall–Kier alpha value is 0.0969. The lowest BCUT2D eigenvalue weighted by molar-refractivity contribution is -0.215. The zero-order valence-electron chi connectivity index (χ0n) is 22.3. The molecule has 32 heavy (non-hydrogen) atoms. The van der Waals surface area contributed by atoms with Crippen LogP contribution < -0.4 is 0 Å². The van der Waals surface area contributed by atoms with Crippen molar-refractivity contribution < 1.29 is 14.6 Å². The van der Waals surface area contributed by atoms with Gasteiger partial charge in [-0.15, -0.1) is 0 Å². The minimum atomic E-state index is -1.73. The maximum Gasteiger partial charge on any atom is 0.192 e. The Kier molecular flexibility index (Phi) is 6.35. The number of rotatable bonds is 4. The summed E-state index contributed by atoms with van der Waals surface area (Å²) in [7, 11) is -1.73. The molecular formula is C28H52O3Si. The Bertz CT molecular complexity index is 701. The van der Waals surface area contributed by atoms with Crippen molar-refractivity contribution >= 4 is 8.32 Å². The van der Waals surface area contributed by atoms with Crippen LogP contribution >= 0.6 is 0 Å². The minimum absolute atomic E-state index is 0.116. The molecular weight excluding hydrogens is 412 g/mol. The molecule has 4 rings (SSSR count). The molecule has 3 nitrogen and oxygen atoms in total. The molecule has 4 saturated carbocycles. The van der Waals surface area contributed by atoms with E-state index in [4.69, 9.17) is 4.43 Å². The average Bonchev–Trinajstić information content (AvgIpc) is 2.98. The van der Waals surface area contributed by atoms with Gasteiger partial charge >= 0.3 is 0 Å². The first kappa shape index (κ1) is 25.2. The van der Waals surface area contributed by atoms with Crippen LogP contribution in [0, 0.1) is 34.5 Å². The van der Waals surface area contributed by atoms with E-state index in [1.807, 2.05) is 0 Å². The molecule has 186 valence electrons. The van der Waals surface area contributed by atoms with Crippen molar-refractivity contribution in [3.63, 3.8) is 0 Å². The van der Waals surface area contributed by atoms with Crippen LogP contribution in [0.25, 0.3) is 0 Å². The van der Waals surface area contributed by atoms with Gasteiger partial charge in [0.1, 0.15) is 0 Å². The normalized spacial score (nSPS) is 48.0. The topological polar surface area (TPSA) is 49.7 Å². The molecule has 0 aromatic rings. The number of aliphatic hydroxyl groups excluding tert-OH is 1. The highest BCUT2D eigenvalue weighted by Gasteiger charge is 2.67. The number of aliphatic hydroxyl groups is 2. The van der Waals surface area contributed by atoms with Crippen LogP contribution in [-0.2, 0) is 4.43 Å². The van der Waals surface area contributed by atoms with Gasteiger partial charge in [-0.25, -0.2) is 0 Å². The summed E-state index contributed by atoms with van der Waals surface area (Å²) in [6.07, 6.45) is 11.3. The Morgan fingerprint density at radius 3 is 2.28 bits per heavy atom. The summed E-state index contributed by atoms with van der Waals surface area (Å²) in [4.78, 5) is 0. The van der Waals surface area contributed by atoms with E-state index in [0.717, 1.165) is 31.6 Å². The van der Waals surface area contributed by atoms with Crippen LogP contribution in [0.2, 0.25) is 18.1 Å². The van der Waals surface area contributed by atoms with Crippen LogP contribution in [0.3, 0.4) is 0 Å². The number of hydrogen-bond acceptors (Lipinski definition) is 3. The molecule has 0 heterocycles. The SMILES string of the molecule is CC[C@@H](O)[C@H]1CC[C@]2(O)[C@@H]3CC[C@@H]4C[C@@H](O[Si](C)(C)C(C)(C)C)CC[C@]4(C)[C@H]3CC[C@]12C. The van der Waals surface area contributed by atoms with E-state index in [1.54, 1.807) is 0 Å². The summed E-state index contributed by atoms with van der Waals surface area (Å²) < 4.78 is 6.89. The largest absolute Gasteiger partial charge is 0.414 e. The Balaban J connectivity index is 1.52. The van der Waals surface area contributed by atoms with E-state index < -0.39 is 13.9 Å². The van der Waals surface area contributed by atoms with Crippen LogP contribution in [0.1, 0.15) is 106 Å². The molecule has 0 saturated heterocycles. The van der Waals surface area contributed by atoms with Gasteiger partial charge in [0.25, 0.3) is 0 Å². The second kappa shape index (κ2) is 8.07. The molecule has 0 bridgehead atoms. The second-order valence-electron chi connectivity index (χ2n) is 14.3. The highest BCUT2D eigenvalue weighted by Crippen LogP contribution is 2.69. The van der Waals surface area contributed by atoms with Crippen LogP contribution in [0.4, 0.5) is 0 Å². The number of fused-ring (bicyclic) bond motifs is 5. The third-order valence-electron chi connectivity index (χ3n) is 12.0. The zero-order chi connectivity index (χ0) is 23.7. The Labute approximate surface area is 199 Å². The van der Waals surface area contributed by atoms with E-state index in [0.29, 0.717) is 23.4 Å². The quantitative estimate of drug-likeness (QED) is 0.444. The maximum atomic E-state index is 12.2. The summed E-state index contributed by atoms with van der Waals surface area (Å²) in [5.41, 5.74) is -0.358. The van der Waals surface area contributed by atoms with Crippen LogP contribution in [0.5, 0.6) is 0 Å². The fourth-order valence-corrected chi connectivity index (χ4v) is 10.2. The van der Waals surface area contributed by atoms with Gasteiger partial charge in [0.15, 0.2) is 8.32 Å². The van der Waals surface area contributed by atoms with Gasteiger partial charge in [-0.3, -0.25) is 0 Å². The molecule has 0 aromatic carbocycles. The van der Waals surface area contributed by atoms with E-state index in [2.05, 4.69) is 54.6 Å². The van der Waals surface area contributed by atoms with Crippen molar-refractivity contribution in [3.8, 4) is 0 Å². The van der Waals surface area contributed by atoms with Gasteiger partial charge in [-0.1, -0.05) is 41.5 Å². The minimum Gasteiger partial charge on any atom is -0.414 e. The highest BCUT2D eigenvalue weighted by molar-refractivity contribution is 6.74. The predicted octanol–water partition coefficient (Wildman–Crippen LogP) is 6.92. The Morgan fingerprint density at radius 1 is 0.969 bits per heavy atom. The molecule has 4 aliphatic rings. The molecule has 0 radical (unpaired) electrons. The first-order valence-corrected chi connectivity index (χ1v) is 16.7. The lowest BCUT2D eigenvalue weighted by atomic mass is 9.43. The molecule has 0 spiro atoms. The standard InChI is InChI=1S/C28H52O3Si/c1-9-24(29)23-14-17-28(30)22-11-10-19-18-20(31-32(7,8)25(2,3)4)12-15-26(19,5)21(22)13-16-27(23,28)6/h19-24,29-30H,9-18H2,1-8H3/t19-,20+,21+,22-,23-,24-,26+,27-,28+/m1/s1. The molecule has 4 fully saturated rings. The van der Waals surface area contributed by atoms with Crippen molar-refractivity contribution in [1.82, 2.24) is 0 Å². The lowest BCUT2D eigenvalue weighted by Crippen LogP contribution is -2.63. The summed E-state index contributed by atoms with van der Waals surface area (Å²) in [5, 5.41) is 23.3. The van der Waals surface area contributed by atoms with Gasteiger partial charge in [0, 0.05) is 11.5 Å². The predicted molar refractivity (Wildman–Crippen MR) is 135 cm³/mol. The van der Waals surface area contributed by atoms with Crippen molar-refractivity contribution in [3.05, 3.63) is 0 Å². The molecule has 0 aromatic heterocycles. The van der Waals surface area contributed by atoms with Crippen LogP contribution in [-0.4, -0.2) is 36.3 Å². The van der Waals surface area contributed by atoms with Gasteiger partial charge in [-0.05, 0) is 111 Å². The first-order chi connectivity index (χ1) is 14.7. The molecule has 0 amide bonds. The average molecular weight is 465 g/mol. The monoisotopic (exact) mass is 464 g/mol. The van der Waals surface area contributed by atoms with Gasteiger partial charge in [-0.2, -0.15) is 0 Å². The van der Waals surface area contributed by atoms with E-state index >= 15 is 0 Å². The lowest BCUT2D eigenvalue weighted by Gasteiger charge is -2.64. The molecule has 0 unspecified atom stereocenters. The van der Waals surface area contributed by atoms with Gasteiger partial charge in [0.05, 0.1) is 11.7 Å². The van der Waals surface area contributed by atoms with Crippen molar-refractivity contribution in [2.75, 3.05) is 0 Å². The molecule has 2 N–H and O–H groups in total. The van der Waals surface area contributed by atoms with Gasteiger partial charge < -0.3 is 14.6 Å². The maximum absolute atomic E-state index is 12.2. The molecule has 4 aliphatic carbocycles.